The molecule has 1 heterocycles. The Morgan fingerprint density at radius 1 is 1.21 bits per heavy atom. The van der Waals surface area contributed by atoms with E-state index in [0.29, 0.717) is 13.0 Å². The Labute approximate surface area is 112 Å². The molecule has 3 rings (SSSR count). The Balaban J connectivity index is 1.68. The third kappa shape index (κ3) is 2.23. The Hall–Kier alpha value is -1.84. The number of likely N-dealkylation sites (tertiary alicyclic amines) is 1. The Kier molecular flexibility index (Phi) is 3.01. The fourth-order valence-corrected chi connectivity index (χ4v) is 3.04. The lowest BCUT2D eigenvalue weighted by molar-refractivity contribution is -0.148. The van der Waals surface area contributed by atoms with Crippen LogP contribution in [0.5, 0.6) is 0 Å². The molecule has 100 valence electrons. The van der Waals surface area contributed by atoms with Gasteiger partial charge in [-0.05, 0) is 30.7 Å². The van der Waals surface area contributed by atoms with Gasteiger partial charge in [-0.15, -0.1) is 0 Å². The van der Waals surface area contributed by atoms with Crippen molar-refractivity contribution in [1.82, 2.24) is 4.90 Å². The number of carboxylic acid groups (broad SMARTS) is 1. The number of benzene rings is 1. The van der Waals surface area contributed by atoms with Gasteiger partial charge in [-0.1, -0.05) is 30.3 Å². The van der Waals surface area contributed by atoms with Crippen LogP contribution in [0.2, 0.25) is 0 Å². The largest absolute Gasteiger partial charge is 0.480 e. The first-order chi connectivity index (χ1) is 9.18. The van der Waals surface area contributed by atoms with E-state index in [0.717, 1.165) is 12.8 Å². The molecule has 0 radical (unpaired) electrons. The topological polar surface area (TPSA) is 57.6 Å². The molecule has 2 fully saturated rings. The van der Waals surface area contributed by atoms with Crippen LogP contribution >= 0.6 is 0 Å². The molecule has 1 aliphatic carbocycles. The molecule has 1 aromatic carbocycles. The van der Waals surface area contributed by atoms with Crippen molar-refractivity contribution in [1.29, 1.82) is 0 Å². The van der Waals surface area contributed by atoms with Gasteiger partial charge >= 0.3 is 5.97 Å². The van der Waals surface area contributed by atoms with Gasteiger partial charge in [0.05, 0.1) is 0 Å². The minimum atomic E-state index is -0.872. The molecule has 1 saturated heterocycles. The molecule has 19 heavy (non-hydrogen) atoms. The molecule has 0 aromatic heterocycles. The van der Waals surface area contributed by atoms with Crippen LogP contribution in [0.25, 0.3) is 0 Å². The summed E-state index contributed by atoms with van der Waals surface area (Å²) in [5.41, 5.74) is 1.19. The molecule has 1 amide bonds. The van der Waals surface area contributed by atoms with Crippen molar-refractivity contribution in [2.75, 3.05) is 6.54 Å². The second-order valence-electron chi connectivity index (χ2n) is 5.39. The van der Waals surface area contributed by atoms with E-state index in [2.05, 4.69) is 0 Å². The van der Waals surface area contributed by atoms with Gasteiger partial charge in [0.2, 0.25) is 5.91 Å². The zero-order valence-electron chi connectivity index (χ0n) is 10.7. The van der Waals surface area contributed by atoms with Gasteiger partial charge < -0.3 is 10.0 Å². The predicted molar refractivity (Wildman–Crippen MR) is 69.7 cm³/mol. The van der Waals surface area contributed by atoms with Crippen molar-refractivity contribution < 1.29 is 14.7 Å². The summed E-state index contributed by atoms with van der Waals surface area (Å²) in [6.07, 6.45) is 2.24. The summed E-state index contributed by atoms with van der Waals surface area (Å²) in [4.78, 5) is 25.1. The number of nitrogens with zero attached hydrogens (tertiary/aromatic N) is 1. The van der Waals surface area contributed by atoms with Crippen LogP contribution in [0.15, 0.2) is 30.3 Å². The zero-order valence-corrected chi connectivity index (χ0v) is 10.7. The maximum absolute atomic E-state index is 12.4. The summed E-state index contributed by atoms with van der Waals surface area (Å²) in [5.74, 6) is -0.576. The summed E-state index contributed by atoms with van der Waals surface area (Å²) in [5, 5.41) is 9.12. The predicted octanol–water partition coefficient (Wildman–Crippen LogP) is 1.87. The summed E-state index contributed by atoms with van der Waals surface area (Å²) >= 11 is 0. The van der Waals surface area contributed by atoms with Crippen molar-refractivity contribution in [3.05, 3.63) is 35.9 Å². The highest BCUT2D eigenvalue weighted by Crippen LogP contribution is 2.49. The number of rotatable bonds is 3. The highest BCUT2D eigenvalue weighted by molar-refractivity contribution is 5.88. The average Bonchev–Trinajstić information content (AvgIpc) is 3.06. The van der Waals surface area contributed by atoms with Crippen molar-refractivity contribution in [3.63, 3.8) is 0 Å². The van der Waals surface area contributed by atoms with Gasteiger partial charge in [0, 0.05) is 12.5 Å². The van der Waals surface area contributed by atoms with E-state index in [1.807, 2.05) is 30.3 Å². The van der Waals surface area contributed by atoms with Crippen molar-refractivity contribution >= 4 is 11.9 Å². The lowest BCUT2D eigenvalue weighted by atomic mass is 10.1. The molecule has 1 saturated carbocycles. The molecule has 0 bridgehead atoms. The standard InChI is InChI=1S/C15H17NO3/c17-14(16-8-4-7-13(16)15(18)19)12-9-11(12)10-5-2-1-3-6-10/h1-3,5-6,11-13H,4,7-9H2,(H,18,19)/t11?,12?,13-/m0/s1. The quantitative estimate of drug-likeness (QED) is 0.901. The number of carboxylic acids is 1. The SMILES string of the molecule is O=C(O)[C@@H]1CCCN1C(=O)C1CC1c1ccccc1. The maximum atomic E-state index is 12.4. The van der Waals surface area contributed by atoms with Crippen molar-refractivity contribution in [2.45, 2.75) is 31.2 Å². The first kappa shape index (κ1) is 12.2. The maximum Gasteiger partial charge on any atom is 0.326 e. The summed E-state index contributed by atoms with van der Waals surface area (Å²) in [7, 11) is 0. The smallest absolute Gasteiger partial charge is 0.326 e. The number of hydrogen-bond acceptors (Lipinski definition) is 2. The molecule has 4 nitrogen and oxygen atoms in total. The van der Waals surface area contributed by atoms with Gasteiger partial charge in [0.1, 0.15) is 6.04 Å². The summed E-state index contributed by atoms with van der Waals surface area (Å²) in [6.45, 7) is 0.591. The fraction of sp³-hybridized carbons (Fsp3) is 0.467. The van der Waals surface area contributed by atoms with Crippen LogP contribution in [-0.2, 0) is 9.59 Å². The van der Waals surface area contributed by atoms with E-state index < -0.39 is 12.0 Å². The molecule has 1 aromatic rings. The molecule has 2 unspecified atom stereocenters. The highest BCUT2D eigenvalue weighted by atomic mass is 16.4. The molecule has 1 aliphatic heterocycles. The van der Waals surface area contributed by atoms with Crippen LogP contribution < -0.4 is 0 Å². The lowest BCUT2D eigenvalue weighted by Gasteiger charge is -2.21. The molecule has 3 atom stereocenters. The number of hydrogen-bond donors (Lipinski definition) is 1. The average molecular weight is 259 g/mol. The minimum Gasteiger partial charge on any atom is -0.480 e. The van der Waals surface area contributed by atoms with Crippen LogP contribution in [0.4, 0.5) is 0 Å². The molecule has 0 spiro atoms. The van der Waals surface area contributed by atoms with E-state index >= 15 is 0 Å². The number of amides is 1. The van der Waals surface area contributed by atoms with Crippen LogP contribution in [0.3, 0.4) is 0 Å². The van der Waals surface area contributed by atoms with Gasteiger partial charge in [-0.25, -0.2) is 4.79 Å². The second kappa shape index (κ2) is 4.68. The first-order valence-corrected chi connectivity index (χ1v) is 6.76. The van der Waals surface area contributed by atoms with Gasteiger partial charge in [-0.2, -0.15) is 0 Å². The van der Waals surface area contributed by atoms with E-state index in [9.17, 15) is 9.59 Å². The Morgan fingerprint density at radius 3 is 2.63 bits per heavy atom. The van der Waals surface area contributed by atoms with Gasteiger partial charge in [0.25, 0.3) is 0 Å². The molecular weight excluding hydrogens is 242 g/mol. The minimum absolute atomic E-state index is 0.0117. The first-order valence-electron chi connectivity index (χ1n) is 6.76. The molecule has 4 heteroatoms. The van der Waals surface area contributed by atoms with Crippen LogP contribution in [0, 0.1) is 5.92 Å². The molecule has 2 aliphatic rings. The van der Waals surface area contributed by atoms with Gasteiger partial charge in [0.15, 0.2) is 0 Å². The summed E-state index contributed by atoms with van der Waals surface area (Å²) < 4.78 is 0. The van der Waals surface area contributed by atoms with E-state index in [1.165, 1.54) is 5.56 Å². The van der Waals surface area contributed by atoms with E-state index in [-0.39, 0.29) is 17.7 Å². The van der Waals surface area contributed by atoms with E-state index in [4.69, 9.17) is 5.11 Å². The fourth-order valence-electron chi connectivity index (χ4n) is 3.04. The van der Waals surface area contributed by atoms with Crippen LogP contribution in [-0.4, -0.2) is 34.5 Å². The Morgan fingerprint density at radius 2 is 1.95 bits per heavy atom. The number of carbonyl (C=O) groups is 2. The highest BCUT2D eigenvalue weighted by Gasteiger charge is 2.48. The normalized spacial score (nSPS) is 29.3. The Bertz CT molecular complexity index is 499. The lowest BCUT2D eigenvalue weighted by Crippen LogP contribution is -2.41. The molecule has 1 N–H and O–H groups in total. The second-order valence-corrected chi connectivity index (χ2v) is 5.39. The third-order valence-corrected chi connectivity index (χ3v) is 4.16. The van der Waals surface area contributed by atoms with Gasteiger partial charge in [-0.3, -0.25) is 4.79 Å². The van der Waals surface area contributed by atoms with Crippen LogP contribution in [0.1, 0.15) is 30.7 Å². The monoisotopic (exact) mass is 259 g/mol. The van der Waals surface area contributed by atoms with Crippen molar-refractivity contribution in [3.8, 4) is 0 Å². The third-order valence-electron chi connectivity index (χ3n) is 4.16. The molecular formula is C15H17NO3. The summed E-state index contributed by atoms with van der Waals surface area (Å²) in [6, 6.07) is 9.39. The zero-order chi connectivity index (χ0) is 13.4. The van der Waals surface area contributed by atoms with E-state index in [1.54, 1.807) is 4.90 Å². The van der Waals surface area contributed by atoms with Crippen molar-refractivity contribution in [2.24, 2.45) is 5.92 Å². The number of aliphatic carboxylic acids is 1. The number of carbonyl (C=O) groups excluding carboxylic acids is 1.